The molecular weight excluding hydrogens is 268 g/mol. The van der Waals surface area contributed by atoms with E-state index in [-0.39, 0.29) is 5.82 Å². The average Bonchev–Trinajstić information content (AvgIpc) is 2.83. The Morgan fingerprint density at radius 2 is 2.00 bits per heavy atom. The number of nitrogens with zero attached hydrogens (tertiary/aromatic N) is 5. The zero-order valence-corrected chi connectivity index (χ0v) is 12.0. The summed E-state index contributed by atoms with van der Waals surface area (Å²) in [7, 11) is 0. The number of rotatable bonds is 2. The first kappa shape index (κ1) is 13.2. The summed E-state index contributed by atoms with van der Waals surface area (Å²) in [6.45, 7) is 5.69. The highest BCUT2D eigenvalue weighted by atomic mass is 16.2. The SMILES string of the molecule is Cc1ccnc(NC(=O)c2nc3nc(C)cc(C)n3n2)c1. The van der Waals surface area contributed by atoms with Gasteiger partial charge in [0.25, 0.3) is 11.7 Å². The lowest BCUT2D eigenvalue weighted by Crippen LogP contribution is -2.15. The number of fused-ring (bicyclic) bond motifs is 1. The summed E-state index contributed by atoms with van der Waals surface area (Å²) in [5.41, 5.74) is 2.72. The van der Waals surface area contributed by atoms with Gasteiger partial charge in [-0.25, -0.2) is 14.5 Å². The third-order valence-electron chi connectivity index (χ3n) is 2.98. The van der Waals surface area contributed by atoms with Crippen LogP contribution in [0.3, 0.4) is 0 Å². The van der Waals surface area contributed by atoms with Crippen LogP contribution in [-0.4, -0.2) is 30.5 Å². The molecule has 3 heterocycles. The predicted molar refractivity (Wildman–Crippen MR) is 77.2 cm³/mol. The van der Waals surface area contributed by atoms with Crippen molar-refractivity contribution in [2.45, 2.75) is 20.8 Å². The minimum absolute atomic E-state index is 0.0690. The molecule has 0 atom stereocenters. The maximum atomic E-state index is 12.2. The lowest BCUT2D eigenvalue weighted by molar-refractivity contribution is 0.101. The second kappa shape index (κ2) is 4.93. The van der Waals surface area contributed by atoms with Gasteiger partial charge in [-0.15, -0.1) is 5.10 Å². The molecule has 7 nitrogen and oxygen atoms in total. The number of hydrogen-bond donors (Lipinski definition) is 1. The first-order valence-corrected chi connectivity index (χ1v) is 6.48. The maximum Gasteiger partial charge on any atom is 0.296 e. The van der Waals surface area contributed by atoms with E-state index in [9.17, 15) is 4.79 Å². The molecule has 0 radical (unpaired) electrons. The number of carbonyl (C=O) groups excluding carboxylic acids is 1. The number of nitrogens with one attached hydrogen (secondary N) is 1. The van der Waals surface area contributed by atoms with Gasteiger partial charge in [-0.1, -0.05) is 0 Å². The molecule has 0 fully saturated rings. The molecule has 0 unspecified atom stereocenters. The van der Waals surface area contributed by atoms with E-state index in [2.05, 4.69) is 25.4 Å². The third-order valence-corrected chi connectivity index (χ3v) is 2.98. The number of amides is 1. The molecule has 0 saturated carbocycles. The van der Waals surface area contributed by atoms with Gasteiger partial charge in [0.15, 0.2) is 0 Å². The van der Waals surface area contributed by atoms with Crippen molar-refractivity contribution in [3.63, 3.8) is 0 Å². The third kappa shape index (κ3) is 2.58. The molecule has 0 spiro atoms. The summed E-state index contributed by atoms with van der Waals surface area (Å²) in [5.74, 6) is 0.546. The smallest absolute Gasteiger partial charge is 0.296 e. The van der Waals surface area contributed by atoms with Crippen molar-refractivity contribution in [3.8, 4) is 0 Å². The Morgan fingerprint density at radius 3 is 2.76 bits per heavy atom. The summed E-state index contributed by atoms with van der Waals surface area (Å²) in [5, 5.41) is 6.85. The van der Waals surface area contributed by atoms with E-state index in [1.54, 1.807) is 16.8 Å². The van der Waals surface area contributed by atoms with E-state index in [1.165, 1.54) is 0 Å². The van der Waals surface area contributed by atoms with Crippen molar-refractivity contribution in [2.75, 3.05) is 5.32 Å². The van der Waals surface area contributed by atoms with Crippen LogP contribution in [0.25, 0.3) is 5.78 Å². The summed E-state index contributed by atoms with van der Waals surface area (Å²) in [6, 6.07) is 5.52. The van der Waals surface area contributed by atoms with Gasteiger partial charge in [-0.2, -0.15) is 4.98 Å². The number of pyridine rings is 1. The van der Waals surface area contributed by atoms with Gasteiger partial charge in [0.1, 0.15) is 5.82 Å². The van der Waals surface area contributed by atoms with Crippen LogP contribution < -0.4 is 5.32 Å². The Hall–Kier alpha value is -2.83. The first-order valence-electron chi connectivity index (χ1n) is 6.48. The molecule has 106 valence electrons. The second-order valence-corrected chi connectivity index (χ2v) is 4.86. The first-order chi connectivity index (χ1) is 10.0. The molecule has 0 aliphatic heterocycles. The van der Waals surface area contributed by atoms with E-state index in [0.717, 1.165) is 17.0 Å². The number of aryl methyl sites for hydroxylation is 3. The topological polar surface area (TPSA) is 85.1 Å². The van der Waals surface area contributed by atoms with E-state index >= 15 is 0 Å². The number of carbonyl (C=O) groups is 1. The quantitative estimate of drug-likeness (QED) is 0.773. The minimum atomic E-state index is -0.407. The van der Waals surface area contributed by atoms with Gasteiger partial charge in [-0.05, 0) is 44.5 Å². The Labute approximate surface area is 121 Å². The molecular formula is C14H14N6O. The maximum absolute atomic E-state index is 12.2. The molecule has 3 rings (SSSR count). The molecule has 0 aliphatic carbocycles. The van der Waals surface area contributed by atoms with Gasteiger partial charge >= 0.3 is 0 Å². The van der Waals surface area contributed by atoms with Crippen molar-refractivity contribution in [3.05, 3.63) is 47.2 Å². The van der Waals surface area contributed by atoms with Crippen LogP contribution in [0.2, 0.25) is 0 Å². The Kier molecular flexibility index (Phi) is 3.09. The van der Waals surface area contributed by atoms with Gasteiger partial charge in [0, 0.05) is 17.6 Å². The fourth-order valence-electron chi connectivity index (χ4n) is 2.04. The molecule has 1 N–H and O–H groups in total. The number of hydrogen-bond acceptors (Lipinski definition) is 5. The van der Waals surface area contributed by atoms with Crippen LogP contribution in [0.15, 0.2) is 24.4 Å². The van der Waals surface area contributed by atoms with Crippen LogP contribution in [-0.2, 0) is 0 Å². The Bertz CT molecular complexity index is 839. The predicted octanol–water partition coefficient (Wildman–Crippen LogP) is 1.70. The largest absolute Gasteiger partial charge is 0.304 e. The van der Waals surface area contributed by atoms with Crippen molar-refractivity contribution < 1.29 is 4.79 Å². The van der Waals surface area contributed by atoms with E-state index in [4.69, 9.17) is 0 Å². The van der Waals surface area contributed by atoms with Crippen LogP contribution in [0.4, 0.5) is 5.82 Å². The normalized spacial score (nSPS) is 10.8. The number of aromatic nitrogens is 5. The fourth-order valence-corrected chi connectivity index (χ4v) is 2.04. The van der Waals surface area contributed by atoms with Crippen LogP contribution in [0.5, 0.6) is 0 Å². The standard InChI is InChI=1S/C14H14N6O/c1-8-4-5-15-11(6-8)17-13(21)12-18-14-16-9(2)7-10(3)20(14)19-12/h4-7H,1-3H3,(H,15,17,21). The lowest BCUT2D eigenvalue weighted by Gasteiger charge is -2.01. The van der Waals surface area contributed by atoms with Gasteiger partial charge in [-0.3, -0.25) is 4.79 Å². The molecule has 0 aliphatic rings. The van der Waals surface area contributed by atoms with Crippen LogP contribution >= 0.6 is 0 Å². The second-order valence-electron chi connectivity index (χ2n) is 4.86. The lowest BCUT2D eigenvalue weighted by atomic mass is 10.3. The average molecular weight is 282 g/mol. The molecule has 0 bridgehead atoms. The van der Waals surface area contributed by atoms with Crippen LogP contribution in [0.1, 0.15) is 27.6 Å². The zero-order valence-electron chi connectivity index (χ0n) is 12.0. The van der Waals surface area contributed by atoms with Crippen LogP contribution in [0, 0.1) is 20.8 Å². The summed E-state index contributed by atoms with van der Waals surface area (Å²) in [4.78, 5) is 24.7. The molecule has 3 aromatic heterocycles. The monoisotopic (exact) mass is 282 g/mol. The highest BCUT2D eigenvalue weighted by molar-refractivity contribution is 6.01. The van der Waals surface area contributed by atoms with E-state index in [1.807, 2.05) is 32.9 Å². The Morgan fingerprint density at radius 1 is 1.19 bits per heavy atom. The molecule has 21 heavy (non-hydrogen) atoms. The van der Waals surface area contributed by atoms with E-state index in [0.29, 0.717) is 11.6 Å². The summed E-state index contributed by atoms with van der Waals surface area (Å²) >= 11 is 0. The zero-order chi connectivity index (χ0) is 15.0. The molecule has 1 amide bonds. The highest BCUT2D eigenvalue weighted by Crippen LogP contribution is 2.09. The fraction of sp³-hybridized carbons (Fsp3) is 0.214. The molecule has 0 saturated heterocycles. The minimum Gasteiger partial charge on any atom is -0.304 e. The molecule has 3 aromatic rings. The molecule has 0 aromatic carbocycles. The summed E-state index contributed by atoms with van der Waals surface area (Å²) in [6.07, 6.45) is 1.64. The van der Waals surface area contributed by atoms with Crippen molar-refractivity contribution in [1.29, 1.82) is 0 Å². The van der Waals surface area contributed by atoms with Crippen molar-refractivity contribution in [2.24, 2.45) is 0 Å². The van der Waals surface area contributed by atoms with Gasteiger partial charge in [0.05, 0.1) is 0 Å². The Balaban J connectivity index is 1.93. The van der Waals surface area contributed by atoms with Crippen molar-refractivity contribution in [1.82, 2.24) is 24.6 Å². The van der Waals surface area contributed by atoms with E-state index < -0.39 is 5.91 Å². The van der Waals surface area contributed by atoms with Gasteiger partial charge in [0.2, 0.25) is 5.82 Å². The summed E-state index contributed by atoms with van der Waals surface area (Å²) < 4.78 is 1.55. The number of anilines is 1. The van der Waals surface area contributed by atoms with Crippen molar-refractivity contribution >= 4 is 17.5 Å². The molecule has 7 heteroatoms. The highest BCUT2D eigenvalue weighted by Gasteiger charge is 2.15. The van der Waals surface area contributed by atoms with Gasteiger partial charge < -0.3 is 5.32 Å².